The van der Waals surface area contributed by atoms with E-state index in [0.29, 0.717) is 6.61 Å². The number of nitrogens with one attached hydrogen (secondary N) is 1. The van der Waals surface area contributed by atoms with Crippen LogP contribution in [0.5, 0.6) is 0 Å². The lowest BCUT2D eigenvalue weighted by atomic mass is 10.1. The predicted molar refractivity (Wildman–Crippen MR) is 54.2 cm³/mol. The Hall–Kier alpha value is -0.680. The van der Waals surface area contributed by atoms with Gasteiger partial charge in [-0.2, -0.15) is 4.37 Å². The van der Waals surface area contributed by atoms with Crippen molar-refractivity contribution in [3.63, 3.8) is 0 Å². The molecule has 0 bridgehead atoms. The third-order valence-electron chi connectivity index (χ3n) is 1.48. The summed E-state index contributed by atoms with van der Waals surface area (Å²) < 4.78 is 9.17. The molecule has 0 aromatic carbocycles. The molecular formula is C8H15N3OS. The van der Waals surface area contributed by atoms with E-state index in [4.69, 9.17) is 4.74 Å². The number of rotatable bonds is 4. The van der Waals surface area contributed by atoms with E-state index in [1.807, 2.05) is 6.92 Å². The zero-order valence-corrected chi connectivity index (χ0v) is 9.23. The van der Waals surface area contributed by atoms with Crippen LogP contribution in [0, 0.1) is 6.92 Å². The molecule has 1 aromatic heterocycles. The maximum atomic E-state index is 5.08. The highest BCUT2D eigenvalue weighted by atomic mass is 32.1. The van der Waals surface area contributed by atoms with E-state index in [-0.39, 0.29) is 5.54 Å². The van der Waals surface area contributed by atoms with Gasteiger partial charge in [-0.3, -0.25) is 0 Å². The molecule has 0 saturated heterocycles. The Morgan fingerprint density at radius 1 is 1.54 bits per heavy atom. The van der Waals surface area contributed by atoms with Gasteiger partial charge in [-0.25, -0.2) is 4.98 Å². The van der Waals surface area contributed by atoms with Crippen molar-refractivity contribution in [2.45, 2.75) is 26.3 Å². The zero-order chi connectivity index (χ0) is 9.90. The van der Waals surface area contributed by atoms with Crippen LogP contribution < -0.4 is 5.32 Å². The Kier molecular flexibility index (Phi) is 3.22. The van der Waals surface area contributed by atoms with Crippen molar-refractivity contribution >= 4 is 16.7 Å². The third-order valence-corrected chi connectivity index (χ3v) is 2.20. The highest BCUT2D eigenvalue weighted by Crippen LogP contribution is 2.16. The fraction of sp³-hybridized carbons (Fsp3) is 0.750. The second kappa shape index (κ2) is 4.02. The lowest BCUT2D eigenvalue weighted by Gasteiger charge is -2.24. The molecule has 5 heteroatoms. The fourth-order valence-electron chi connectivity index (χ4n) is 1.03. The molecular weight excluding hydrogens is 186 g/mol. The van der Waals surface area contributed by atoms with Gasteiger partial charge in [-0.1, -0.05) is 0 Å². The first-order chi connectivity index (χ1) is 6.03. The zero-order valence-electron chi connectivity index (χ0n) is 8.42. The molecule has 0 saturated carbocycles. The number of nitrogens with zero attached hydrogens (tertiary/aromatic N) is 2. The second-order valence-electron chi connectivity index (χ2n) is 3.59. The Balaban J connectivity index is 2.57. The number of aromatic nitrogens is 2. The number of hydrogen-bond donors (Lipinski definition) is 1. The van der Waals surface area contributed by atoms with Crippen LogP contribution in [0.1, 0.15) is 19.7 Å². The lowest BCUT2D eigenvalue weighted by Crippen LogP contribution is -2.35. The predicted octanol–water partition coefficient (Wildman–Crippen LogP) is 1.68. The average molecular weight is 201 g/mol. The quantitative estimate of drug-likeness (QED) is 0.805. The Labute approximate surface area is 82.5 Å². The first-order valence-corrected chi connectivity index (χ1v) is 4.88. The summed E-state index contributed by atoms with van der Waals surface area (Å²) in [6.07, 6.45) is 0. The van der Waals surface area contributed by atoms with Crippen molar-refractivity contribution < 1.29 is 4.74 Å². The van der Waals surface area contributed by atoms with Crippen molar-refractivity contribution in [1.82, 2.24) is 9.36 Å². The SMILES string of the molecule is COCC(C)(C)Nc1nc(C)ns1. The molecule has 0 aliphatic heterocycles. The minimum absolute atomic E-state index is 0.0965. The highest BCUT2D eigenvalue weighted by Gasteiger charge is 2.18. The van der Waals surface area contributed by atoms with E-state index in [0.717, 1.165) is 11.0 Å². The van der Waals surface area contributed by atoms with Gasteiger partial charge in [-0.15, -0.1) is 0 Å². The number of anilines is 1. The van der Waals surface area contributed by atoms with Crippen LogP contribution in [0.4, 0.5) is 5.13 Å². The molecule has 0 unspecified atom stereocenters. The van der Waals surface area contributed by atoms with Crippen molar-refractivity contribution in [3.8, 4) is 0 Å². The first kappa shape index (κ1) is 10.4. The summed E-state index contributed by atoms with van der Waals surface area (Å²) in [5, 5.41) is 4.11. The number of hydrogen-bond acceptors (Lipinski definition) is 5. The van der Waals surface area contributed by atoms with Gasteiger partial charge in [0.2, 0.25) is 5.13 Å². The summed E-state index contributed by atoms with van der Waals surface area (Å²) in [6.45, 7) is 6.65. The summed E-state index contributed by atoms with van der Waals surface area (Å²) in [7, 11) is 1.69. The van der Waals surface area contributed by atoms with Gasteiger partial charge < -0.3 is 10.1 Å². The standard InChI is InChI=1S/C8H15N3OS/c1-6-9-7(13-11-6)10-8(2,3)5-12-4/h5H2,1-4H3,(H,9,10,11). The molecule has 0 aliphatic carbocycles. The van der Waals surface area contributed by atoms with Gasteiger partial charge in [0.25, 0.3) is 0 Å². The minimum Gasteiger partial charge on any atom is -0.382 e. The topological polar surface area (TPSA) is 47.0 Å². The first-order valence-electron chi connectivity index (χ1n) is 4.11. The molecule has 4 nitrogen and oxygen atoms in total. The molecule has 0 spiro atoms. The van der Waals surface area contributed by atoms with E-state index >= 15 is 0 Å². The highest BCUT2D eigenvalue weighted by molar-refractivity contribution is 7.09. The second-order valence-corrected chi connectivity index (χ2v) is 4.34. The molecule has 1 aromatic rings. The van der Waals surface area contributed by atoms with Crippen LogP contribution in [-0.4, -0.2) is 28.6 Å². The maximum Gasteiger partial charge on any atom is 0.203 e. The Morgan fingerprint density at radius 3 is 2.69 bits per heavy atom. The van der Waals surface area contributed by atoms with Gasteiger partial charge in [0, 0.05) is 18.6 Å². The van der Waals surface area contributed by atoms with Crippen LogP contribution in [0.3, 0.4) is 0 Å². The molecule has 1 N–H and O–H groups in total. The van der Waals surface area contributed by atoms with E-state index in [1.54, 1.807) is 7.11 Å². The third kappa shape index (κ3) is 3.28. The molecule has 74 valence electrons. The Bertz CT molecular complexity index is 272. The smallest absolute Gasteiger partial charge is 0.203 e. The molecule has 0 atom stereocenters. The van der Waals surface area contributed by atoms with Crippen molar-refractivity contribution in [1.29, 1.82) is 0 Å². The summed E-state index contributed by atoms with van der Waals surface area (Å²) in [6, 6.07) is 0. The van der Waals surface area contributed by atoms with Crippen LogP contribution in [0.25, 0.3) is 0 Å². The van der Waals surface area contributed by atoms with Crippen LogP contribution >= 0.6 is 11.5 Å². The normalized spacial score (nSPS) is 11.7. The van der Waals surface area contributed by atoms with E-state index < -0.39 is 0 Å². The van der Waals surface area contributed by atoms with Gasteiger partial charge in [0.15, 0.2) is 0 Å². The summed E-state index contributed by atoms with van der Waals surface area (Å²) in [5.74, 6) is 0.806. The van der Waals surface area contributed by atoms with Crippen LogP contribution in [-0.2, 0) is 4.74 Å². The van der Waals surface area contributed by atoms with Gasteiger partial charge in [0.1, 0.15) is 5.82 Å². The summed E-state index contributed by atoms with van der Waals surface area (Å²) >= 11 is 1.37. The number of methoxy groups -OCH3 is 1. The van der Waals surface area contributed by atoms with Gasteiger partial charge >= 0.3 is 0 Å². The van der Waals surface area contributed by atoms with Crippen LogP contribution in [0.15, 0.2) is 0 Å². The average Bonchev–Trinajstić information content (AvgIpc) is 2.34. The largest absolute Gasteiger partial charge is 0.382 e. The van der Waals surface area contributed by atoms with Crippen molar-refractivity contribution in [2.75, 3.05) is 19.0 Å². The van der Waals surface area contributed by atoms with E-state index in [9.17, 15) is 0 Å². The molecule has 0 fully saturated rings. The molecule has 1 heterocycles. The maximum absolute atomic E-state index is 5.08. The van der Waals surface area contributed by atoms with Crippen LogP contribution in [0.2, 0.25) is 0 Å². The van der Waals surface area contributed by atoms with E-state index in [1.165, 1.54) is 11.5 Å². The molecule has 1 rings (SSSR count). The number of aryl methyl sites for hydroxylation is 1. The van der Waals surface area contributed by atoms with E-state index in [2.05, 4.69) is 28.5 Å². The monoisotopic (exact) mass is 201 g/mol. The molecule has 0 amide bonds. The summed E-state index contributed by atoms with van der Waals surface area (Å²) in [5.41, 5.74) is -0.0965. The lowest BCUT2D eigenvalue weighted by molar-refractivity contribution is 0.158. The summed E-state index contributed by atoms with van der Waals surface area (Å²) in [4.78, 5) is 4.22. The van der Waals surface area contributed by atoms with Crippen molar-refractivity contribution in [3.05, 3.63) is 5.82 Å². The molecule has 0 radical (unpaired) electrons. The Morgan fingerprint density at radius 2 is 2.23 bits per heavy atom. The van der Waals surface area contributed by atoms with Gasteiger partial charge in [-0.05, 0) is 20.8 Å². The number of ether oxygens (including phenoxy) is 1. The minimum atomic E-state index is -0.0965. The fourth-order valence-corrected chi connectivity index (χ4v) is 1.79. The van der Waals surface area contributed by atoms with Gasteiger partial charge in [0.05, 0.1) is 12.1 Å². The molecule has 0 aliphatic rings. The van der Waals surface area contributed by atoms with Crippen molar-refractivity contribution in [2.24, 2.45) is 0 Å². The molecule has 13 heavy (non-hydrogen) atoms.